The Bertz CT molecular complexity index is 1370. The molecule has 9 heteroatoms. The second-order valence-electron chi connectivity index (χ2n) is 7.72. The fourth-order valence-electron chi connectivity index (χ4n) is 3.43. The molecule has 6 nitrogen and oxygen atoms in total. The number of unbranched alkanes of at least 4 members (excludes halogenated alkanes) is 1. The smallest absolute Gasteiger partial charge is 0.269 e. The van der Waals surface area contributed by atoms with Gasteiger partial charge >= 0.3 is 0 Å². The van der Waals surface area contributed by atoms with Gasteiger partial charge in [0.15, 0.2) is 0 Å². The molecule has 3 aromatic rings. The van der Waals surface area contributed by atoms with Gasteiger partial charge in [-0.25, -0.2) is 0 Å². The van der Waals surface area contributed by atoms with E-state index in [0.717, 1.165) is 24.0 Å². The van der Waals surface area contributed by atoms with Crippen LogP contribution in [0.4, 0.5) is 0 Å². The van der Waals surface area contributed by atoms with Crippen LogP contribution >= 0.6 is 35.6 Å². The fourth-order valence-corrected chi connectivity index (χ4v) is 4.83. The van der Waals surface area contributed by atoms with Crippen molar-refractivity contribution in [2.45, 2.75) is 33.6 Å². The number of nitrogens with zero attached hydrogens (tertiary/aromatic N) is 3. The number of ether oxygens (including phenoxy) is 1. The first kappa shape index (κ1) is 23.5. The summed E-state index contributed by atoms with van der Waals surface area (Å²) < 4.78 is 8.00. The molecule has 0 spiro atoms. The highest BCUT2D eigenvalue weighted by molar-refractivity contribution is 8.26. The highest BCUT2D eigenvalue weighted by atomic mass is 35.5. The van der Waals surface area contributed by atoms with Crippen LogP contribution in [-0.2, 0) is 4.79 Å². The molecule has 1 aliphatic rings. The summed E-state index contributed by atoms with van der Waals surface area (Å²) >= 11 is 12.7. The SMILES string of the molecule is CCCCN1C(=O)/C(=C\c2c(Oc3ccc(Cl)c(C)c3)nc3c(C)cccn3c2=O)SC1=S. The Labute approximate surface area is 206 Å². The van der Waals surface area contributed by atoms with E-state index in [0.29, 0.717) is 32.2 Å². The first-order valence-corrected chi connectivity index (χ1v) is 12.1. The third-order valence-corrected chi connectivity index (χ3v) is 7.08. The lowest BCUT2D eigenvalue weighted by Crippen LogP contribution is -2.29. The average molecular weight is 500 g/mol. The van der Waals surface area contributed by atoms with E-state index in [1.165, 1.54) is 22.2 Å². The summed E-state index contributed by atoms with van der Waals surface area (Å²) in [5.74, 6) is 0.405. The molecule has 3 heterocycles. The molecule has 1 aliphatic heterocycles. The third-order valence-electron chi connectivity index (χ3n) is 5.28. The van der Waals surface area contributed by atoms with Crippen LogP contribution in [0.15, 0.2) is 46.2 Å². The zero-order valence-corrected chi connectivity index (χ0v) is 20.8. The molecular formula is C24H22ClN3O3S2. The van der Waals surface area contributed by atoms with Gasteiger partial charge in [0.05, 0.1) is 4.91 Å². The van der Waals surface area contributed by atoms with Crippen LogP contribution in [0, 0.1) is 13.8 Å². The van der Waals surface area contributed by atoms with Crippen molar-refractivity contribution in [2.24, 2.45) is 0 Å². The van der Waals surface area contributed by atoms with Crippen LogP contribution in [0.25, 0.3) is 11.7 Å². The minimum absolute atomic E-state index is 0.120. The van der Waals surface area contributed by atoms with Crippen molar-refractivity contribution in [3.05, 3.63) is 73.5 Å². The third kappa shape index (κ3) is 4.69. The topological polar surface area (TPSA) is 63.9 Å². The van der Waals surface area contributed by atoms with E-state index in [1.54, 1.807) is 35.4 Å². The first-order chi connectivity index (χ1) is 15.8. The number of aromatic nitrogens is 2. The monoisotopic (exact) mass is 499 g/mol. The zero-order chi connectivity index (χ0) is 23.7. The lowest BCUT2D eigenvalue weighted by Gasteiger charge is -2.13. The van der Waals surface area contributed by atoms with Crippen molar-refractivity contribution < 1.29 is 9.53 Å². The standard InChI is InChI=1S/C24H22ClN3O3S2/c1-4-5-10-28-23(30)19(33-24(28)32)13-17-21(31-16-8-9-18(25)15(3)12-16)26-20-14(2)7-6-11-27(20)22(17)29/h6-9,11-13H,4-5,10H2,1-3H3/b19-13+. The van der Waals surface area contributed by atoms with Gasteiger partial charge in [-0.1, -0.05) is 55.0 Å². The Hall–Kier alpha value is -2.68. The maximum atomic E-state index is 13.5. The lowest BCUT2D eigenvalue weighted by atomic mass is 10.2. The van der Waals surface area contributed by atoms with Crippen LogP contribution in [0.3, 0.4) is 0 Å². The molecule has 0 radical (unpaired) electrons. The molecule has 0 N–H and O–H groups in total. The van der Waals surface area contributed by atoms with Crippen LogP contribution in [0.5, 0.6) is 11.6 Å². The van der Waals surface area contributed by atoms with Gasteiger partial charge in [0, 0.05) is 17.8 Å². The van der Waals surface area contributed by atoms with Crippen molar-refractivity contribution in [3.8, 4) is 11.6 Å². The van der Waals surface area contributed by atoms with Gasteiger partial charge in [-0.2, -0.15) is 4.98 Å². The summed E-state index contributed by atoms with van der Waals surface area (Å²) in [7, 11) is 0. The van der Waals surface area contributed by atoms with Crippen molar-refractivity contribution in [3.63, 3.8) is 0 Å². The number of amides is 1. The van der Waals surface area contributed by atoms with E-state index < -0.39 is 0 Å². The number of carbonyl (C=O) groups is 1. The van der Waals surface area contributed by atoms with E-state index in [9.17, 15) is 9.59 Å². The van der Waals surface area contributed by atoms with Crippen LogP contribution in [0.2, 0.25) is 5.02 Å². The predicted molar refractivity (Wildman–Crippen MR) is 137 cm³/mol. The number of fused-ring (bicyclic) bond motifs is 1. The maximum absolute atomic E-state index is 13.5. The molecule has 1 fully saturated rings. The van der Waals surface area contributed by atoms with Crippen molar-refractivity contribution >= 4 is 57.5 Å². The molecule has 1 saturated heterocycles. The predicted octanol–water partition coefficient (Wildman–Crippen LogP) is 5.76. The lowest BCUT2D eigenvalue weighted by molar-refractivity contribution is -0.122. The van der Waals surface area contributed by atoms with E-state index in [1.807, 2.05) is 19.9 Å². The van der Waals surface area contributed by atoms with Gasteiger partial charge in [0.2, 0.25) is 5.88 Å². The molecule has 33 heavy (non-hydrogen) atoms. The number of rotatable bonds is 6. The van der Waals surface area contributed by atoms with E-state index in [4.69, 9.17) is 28.6 Å². The average Bonchev–Trinajstić information content (AvgIpc) is 3.05. The molecule has 4 rings (SSSR count). The number of thiocarbonyl (C=S) groups is 1. The minimum atomic E-state index is -0.330. The van der Waals surface area contributed by atoms with Crippen molar-refractivity contribution in [2.75, 3.05) is 6.54 Å². The molecule has 0 unspecified atom stereocenters. The normalized spacial score (nSPS) is 15.2. The van der Waals surface area contributed by atoms with E-state index in [-0.39, 0.29) is 22.9 Å². The van der Waals surface area contributed by atoms with E-state index >= 15 is 0 Å². The van der Waals surface area contributed by atoms with E-state index in [2.05, 4.69) is 11.9 Å². The molecule has 0 saturated carbocycles. The number of carbonyl (C=O) groups excluding carboxylic acids is 1. The number of benzene rings is 1. The van der Waals surface area contributed by atoms with Crippen molar-refractivity contribution in [1.82, 2.24) is 14.3 Å². The summed E-state index contributed by atoms with van der Waals surface area (Å²) in [5, 5.41) is 0.612. The van der Waals surface area contributed by atoms with Gasteiger partial charge in [-0.15, -0.1) is 0 Å². The van der Waals surface area contributed by atoms with Crippen molar-refractivity contribution in [1.29, 1.82) is 0 Å². The van der Waals surface area contributed by atoms with Crippen LogP contribution in [0.1, 0.15) is 36.5 Å². The summed E-state index contributed by atoms with van der Waals surface area (Å²) in [6, 6.07) is 8.87. The quantitative estimate of drug-likeness (QED) is 0.317. The largest absolute Gasteiger partial charge is 0.438 e. The molecule has 170 valence electrons. The van der Waals surface area contributed by atoms with Gasteiger partial charge in [-0.3, -0.25) is 18.9 Å². The Morgan fingerprint density at radius 2 is 2.00 bits per heavy atom. The molecule has 0 atom stereocenters. The highest BCUT2D eigenvalue weighted by Gasteiger charge is 2.32. The Kier molecular flexibility index (Phi) is 6.88. The van der Waals surface area contributed by atoms with Gasteiger partial charge in [0.25, 0.3) is 11.5 Å². The number of aryl methyl sites for hydroxylation is 2. The molecule has 0 bridgehead atoms. The molecule has 2 aromatic heterocycles. The maximum Gasteiger partial charge on any atom is 0.269 e. The first-order valence-electron chi connectivity index (χ1n) is 10.5. The molecule has 1 aromatic carbocycles. The number of thioether (sulfide) groups is 1. The van der Waals surface area contributed by atoms with Gasteiger partial charge in [-0.05, 0) is 61.7 Å². The number of halogens is 1. The fraction of sp³-hybridized carbons (Fsp3) is 0.250. The number of hydrogen-bond donors (Lipinski definition) is 0. The number of pyridine rings is 1. The molecular weight excluding hydrogens is 478 g/mol. The Morgan fingerprint density at radius 3 is 2.73 bits per heavy atom. The highest BCUT2D eigenvalue weighted by Crippen LogP contribution is 2.34. The number of hydrogen-bond acceptors (Lipinski definition) is 6. The second kappa shape index (κ2) is 9.67. The Balaban J connectivity index is 1.85. The second-order valence-corrected chi connectivity index (χ2v) is 9.80. The Morgan fingerprint density at radius 1 is 1.21 bits per heavy atom. The zero-order valence-electron chi connectivity index (χ0n) is 18.4. The minimum Gasteiger partial charge on any atom is -0.438 e. The van der Waals surface area contributed by atoms with Crippen LogP contribution < -0.4 is 10.3 Å². The summed E-state index contributed by atoms with van der Waals surface area (Å²) in [6.07, 6.45) is 4.98. The summed E-state index contributed by atoms with van der Waals surface area (Å²) in [4.78, 5) is 33.0. The summed E-state index contributed by atoms with van der Waals surface area (Å²) in [6.45, 7) is 6.35. The van der Waals surface area contributed by atoms with Gasteiger partial charge < -0.3 is 4.74 Å². The summed E-state index contributed by atoms with van der Waals surface area (Å²) in [5.41, 5.74) is 1.99. The van der Waals surface area contributed by atoms with Crippen LogP contribution in [-0.4, -0.2) is 31.1 Å². The van der Waals surface area contributed by atoms with Gasteiger partial charge in [0.1, 0.15) is 21.3 Å². The molecule has 1 amide bonds. The molecule has 0 aliphatic carbocycles.